The van der Waals surface area contributed by atoms with Crippen LogP contribution in [0.2, 0.25) is 0 Å². The maximum absolute atomic E-state index is 12.3. The van der Waals surface area contributed by atoms with E-state index >= 15 is 0 Å². The van der Waals surface area contributed by atoms with Gasteiger partial charge < -0.3 is 10.1 Å². The summed E-state index contributed by atoms with van der Waals surface area (Å²) in [4.78, 5) is 12.3. The number of carbonyl (C=O) groups excluding carboxylic acids is 1. The molecule has 1 aromatic carbocycles. The number of fused-ring (bicyclic) bond motifs is 1. The first-order valence-corrected chi connectivity index (χ1v) is 8.01. The fourth-order valence-corrected chi connectivity index (χ4v) is 2.90. The fraction of sp³-hybridized carbons (Fsp3) is 0.375. The van der Waals surface area contributed by atoms with Gasteiger partial charge in [-0.1, -0.05) is 23.4 Å². The van der Waals surface area contributed by atoms with Crippen molar-refractivity contribution in [1.82, 2.24) is 30.5 Å². The summed E-state index contributed by atoms with van der Waals surface area (Å²) in [5, 5.41) is 18.7. The Labute approximate surface area is 138 Å². The van der Waals surface area contributed by atoms with Crippen molar-refractivity contribution >= 4 is 16.8 Å². The number of nitrogens with zero attached hydrogens (tertiary/aromatic N) is 4. The van der Waals surface area contributed by atoms with Gasteiger partial charge >= 0.3 is 0 Å². The van der Waals surface area contributed by atoms with Crippen molar-refractivity contribution in [2.24, 2.45) is 0 Å². The number of rotatable bonds is 5. The fourth-order valence-electron chi connectivity index (χ4n) is 2.90. The molecule has 0 radical (unpaired) electrons. The van der Waals surface area contributed by atoms with Crippen LogP contribution in [0.4, 0.5) is 0 Å². The van der Waals surface area contributed by atoms with E-state index in [4.69, 9.17) is 4.74 Å². The molecule has 0 saturated carbocycles. The lowest BCUT2D eigenvalue weighted by molar-refractivity contribution is 0.0933. The van der Waals surface area contributed by atoms with Crippen LogP contribution in [0.15, 0.2) is 30.5 Å². The molecule has 1 saturated heterocycles. The van der Waals surface area contributed by atoms with Gasteiger partial charge in [-0.25, -0.2) is 4.68 Å². The van der Waals surface area contributed by atoms with Gasteiger partial charge in [-0.2, -0.15) is 5.10 Å². The minimum atomic E-state index is -0.235. The molecule has 1 unspecified atom stereocenters. The predicted molar refractivity (Wildman–Crippen MR) is 86.3 cm³/mol. The standard InChI is InChI=1S/C16H18N6O2/c23-16(15-13-5-1-2-6-14(13)19-20-15)17-8-11-9-22(21-18-11)10-12-4-3-7-24-12/h1-2,5-6,9,12H,3-4,7-8,10H2,(H,17,23)(H,19,20). The molecule has 3 aromatic rings. The van der Waals surface area contributed by atoms with E-state index in [-0.39, 0.29) is 12.0 Å². The maximum atomic E-state index is 12.3. The average molecular weight is 326 g/mol. The molecular formula is C16H18N6O2. The van der Waals surface area contributed by atoms with E-state index in [2.05, 4.69) is 25.8 Å². The molecule has 1 fully saturated rings. The van der Waals surface area contributed by atoms with Crippen LogP contribution in [0.25, 0.3) is 10.9 Å². The van der Waals surface area contributed by atoms with Crippen molar-refractivity contribution in [2.45, 2.75) is 32.0 Å². The summed E-state index contributed by atoms with van der Waals surface area (Å²) in [7, 11) is 0. The lowest BCUT2D eigenvalue weighted by atomic mass is 10.2. The zero-order valence-corrected chi connectivity index (χ0v) is 13.1. The van der Waals surface area contributed by atoms with Crippen molar-refractivity contribution < 1.29 is 9.53 Å². The van der Waals surface area contributed by atoms with Crippen molar-refractivity contribution in [2.75, 3.05) is 6.61 Å². The third-order valence-electron chi connectivity index (χ3n) is 4.12. The Morgan fingerprint density at radius 1 is 1.42 bits per heavy atom. The highest BCUT2D eigenvalue weighted by molar-refractivity contribution is 6.04. The van der Waals surface area contributed by atoms with Gasteiger partial charge in [0.2, 0.25) is 0 Å². The SMILES string of the molecule is O=C(NCc1cn(CC2CCCO2)nn1)c1n[nH]c2ccccc12. The molecule has 8 heteroatoms. The quantitative estimate of drug-likeness (QED) is 0.736. The van der Waals surface area contributed by atoms with Crippen LogP contribution in [0.5, 0.6) is 0 Å². The van der Waals surface area contributed by atoms with Gasteiger partial charge in [0.25, 0.3) is 5.91 Å². The zero-order chi connectivity index (χ0) is 16.4. The Hall–Kier alpha value is -2.74. The van der Waals surface area contributed by atoms with Crippen LogP contribution >= 0.6 is 0 Å². The monoisotopic (exact) mass is 326 g/mol. The summed E-state index contributed by atoms with van der Waals surface area (Å²) < 4.78 is 7.35. The van der Waals surface area contributed by atoms with Crippen molar-refractivity contribution in [1.29, 1.82) is 0 Å². The highest BCUT2D eigenvalue weighted by Crippen LogP contribution is 2.15. The van der Waals surface area contributed by atoms with E-state index in [1.807, 2.05) is 30.5 Å². The number of amides is 1. The lowest BCUT2D eigenvalue weighted by Crippen LogP contribution is -2.23. The first kappa shape index (κ1) is 14.8. The molecule has 1 atom stereocenters. The summed E-state index contributed by atoms with van der Waals surface area (Å²) in [6.45, 7) is 1.83. The molecule has 1 aliphatic rings. The molecule has 4 rings (SSSR count). The van der Waals surface area contributed by atoms with E-state index in [9.17, 15) is 4.79 Å². The normalized spacial score (nSPS) is 17.4. The number of aromatic nitrogens is 5. The minimum absolute atomic E-state index is 0.213. The molecule has 0 spiro atoms. The van der Waals surface area contributed by atoms with Gasteiger partial charge in [0.1, 0.15) is 5.69 Å². The topological polar surface area (TPSA) is 97.7 Å². The molecule has 8 nitrogen and oxygen atoms in total. The summed E-state index contributed by atoms with van der Waals surface area (Å²) in [5.41, 5.74) is 1.93. The second-order valence-electron chi connectivity index (χ2n) is 5.87. The van der Waals surface area contributed by atoms with Gasteiger partial charge in [0.05, 0.1) is 30.9 Å². The number of hydrogen-bond donors (Lipinski definition) is 2. The van der Waals surface area contributed by atoms with Gasteiger partial charge in [-0.3, -0.25) is 9.89 Å². The van der Waals surface area contributed by atoms with Gasteiger partial charge in [0.15, 0.2) is 5.69 Å². The molecule has 3 heterocycles. The number of benzene rings is 1. The Balaban J connectivity index is 1.38. The summed E-state index contributed by atoms with van der Waals surface area (Å²) in [6, 6.07) is 7.53. The molecule has 0 aliphatic carbocycles. The Morgan fingerprint density at radius 3 is 3.21 bits per heavy atom. The lowest BCUT2D eigenvalue weighted by Gasteiger charge is -2.07. The smallest absolute Gasteiger partial charge is 0.272 e. The third-order valence-corrected chi connectivity index (χ3v) is 4.12. The Bertz CT molecular complexity index is 849. The van der Waals surface area contributed by atoms with E-state index in [0.717, 1.165) is 30.4 Å². The Morgan fingerprint density at radius 2 is 2.33 bits per heavy atom. The third kappa shape index (κ3) is 3.00. The summed E-state index contributed by atoms with van der Waals surface area (Å²) >= 11 is 0. The first-order chi connectivity index (χ1) is 11.8. The maximum Gasteiger partial charge on any atom is 0.272 e. The second-order valence-corrected chi connectivity index (χ2v) is 5.87. The van der Waals surface area contributed by atoms with E-state index in [1.165, 1.54) is 0 Å². The summed E-state index contributed by atoms with van der Waals surface area (Å²) in [5.74, 6) is -0.235. The molecule has 0 bridgehead atoms. The average Bonchev–Trinajstić information content (AvgIpc) is 3.34. The predicted octanol–water partition coefficient (Wildman–Crippen LogP) is 1.26. The van der Waals surface area contributed by atoms with E-state index < -0.39 is 0 Å². The highest BCUT2D eigenvalue weighted by Gasteiger charge is 2.17. The number of aromatic amines is 1. The van der Waals surface area contributed by atoms with E-state index in [1.54, 1.807) is 4.68 Å². The number of hydrogen-bond acceptors (Lipinski definition) is 5. The van der Waals surface area contributed by atoms with Crippen LogP contribution in [0.1, 0.15) is 29.0 Å². The van der Waals surface area contributed by atoms with Gasteiger partial charge in [-0.05, 0) is 18.9 Å². The van der Waals surface area contributed by atoms with Crippen molar-refractivity contribution in [3.63, 3.8) is 0 Å². The minimum Gasteiger partial charge on any atom is -0.376 e. The van der Waals surface area contributed by atoms with Crippen LogP contribution < -0.4 is 5.32 Å². The first-order valence-electron chi connectivity index (χ1n) is 8.01. The van der Waals surface area contributed by atoms with Gasteiger partial charge in [-0.15, -0.1) is 5.10 Å². The van der Waals surface area contributed by atoms with Crippen LogP contribution in [0.3, 0.4) is 0 Å². The number of nitrogens with one attached hydrogen (secondary N) is 2. The van der Waals surface area contributed by atoms with Crippen molar-refractivity contribution in [3.05, 3.63) is 41.9 Å². The molecule has 1 amide bonds. The largest absolute Gasteiger partial charge is 0.376 e. The molecule has 24 heavy (non-hydrogen) atoms. The number of H-pyrrole nitrogens is 1. The molecular weight excluding hydrogens is 308 g/mol. The summed E-state index contributed by atoms with van der Waals surface area (Å²) in [6.07, 6.45) is 4.20. The zero-order valence-electron chi connectivity index (χ0n) is 13.1. The van der Waals surface area contributed by atoms with E-state index in [0.29, 0.717) is 24.5 Å². The molecule has 2 N–H and O–H groups in total. The molecule has 124 valence electrons. The molecule has 2 aromatic heterocycles. The molecule has 1 aliphatic heterocycles. The number of ether oxygens (including phenoxy) is 1. The highest BCUT2D eigenvalue weighted by atomic mass is 16.5. The number of carbonyl (C=O) groups is 1. The van der Waals surface area contributed by atoms with Crippen LogP contribution in [-0.2, 0) is 17.8 Å². The van der Waals surface area contributed by atoms with Crippen molar-refractivity contribution in [3.8, 4) is 0 Å². The van der Waals surface area contributed by atoms with Gasteiger partial charge in [0, 0.05) is 12.0 Å². The second kappa shape index (κ2) is 6.40. The van der Waals surface area contributed by atoms with Crippen LogP contribution in [0, 0.1) is 0 Å². The Kier molecular flexibility index (Phi) is 3.96. The number of para-hydroxylation sites is 1. The van der Waals surface area contributed by atoms with Crippen LogP contribution in [-0.4, -0.2) is 43.8 Å².